The van der Waals surface area contributed by atoms with Gasteiger partial charge in [0.05, 0.1) is 19.6 Å². The van der Waals surface area contributed by atoms with Crippen molar-refractivity contribution in [2.45, 2.75) is 44.7 Å². The monoisotopic (exact) mass is 385 g/mol. The first kappa shape index (κ1) is 19.6. The van der Waals surface area contributed by atoms with Gasteiger partial charge in [0, 0.05) is 15.8 Å². The molecule has 1 aliphatic rings. The van der Waals surface area contributed by atoms with Crippen LogP contribution in [0.5, 0.6) is 0 Å². The lowest BCUT2D eigenvalue weighted by Crippen LogP contribution is -2.46. The molecule has 1 saturated carbocycles. The number of nitrogens with one attached hydrogen (secondary N) is 1. The maximum absolute atomic E-state index is 12.8. The quantitative estimate of drug-likeness (QED) is 0.769. The topological polar surface area (TPSA) is 75.4 Å². The summed E-state index contributed by atoms with van der Waals surface area (Å²) in [4.78, 5) is 28.6. The summed E-state index contributed by atoms with van der Waals surface area (Å²) in [6, 6.07) is 14.8. The largest absolute Gasteiger partial charge is 0.346 e. The first-order valence-corrected chi connectivity index (χ1v) is 10.4. The van der Waals surface area contributed by atoms with E-state index in [0.29, 0.717) is 6.54 Å². The first-order valence-electron chi connectivity index (χ1n) is 9.57. The molecule has 144 valence electrons. The van der Waals surface area contributed by atoms with Crippen molar-refractivity contribution < 1.29 is 9.59 Å². The number of nitrogens with zero attached hydrogens (tertiary/aromatic N) is 1. The second-order valence-electron chi connectivity index (χ2n) is 6.93. The van der Waals surface area contributed by atoms with Crippen LogP contribution in [0.1, 0.15) is 37.0 Å². The molecule has 3 N–H and O–H groups in total. The number of hydrogen-bond acceptors (Lipinski definition) is 4. The number of benzene rings is 1. The molecule has 1 aromatic carbocycles. The minimum absolute atomic E-state index is 0.0173. The van der Waals surface area contributed by atoms with Crippen LogP contribution in [0.15, 0.2) is 42.5 Å². The van der Waals surface area contributed by atoms with Crippen molar-refractivity contribution in [3.05, 3.63) is 47.3 Å². The molecule has 2 amide bonds. The summed E-state index contributed by atoms with van der Waals surface area (Å²) in [5.74, 6) is -0.326. The molecule has 0 aliphatic heterocycles. The van der Waals surface area contributed by atoms with Crippen molar-refractivity contribution in [3.63, 3.8) is 0 Å². The Balaban J connectivity index is 1.71. The molecule has 1 fully saturated rings. The van der Waals surface area contributed by atoms with Crippen LogP contribution in [0.4, 0.5) is 0 Å². The highest BCUT2D eigenvalue weighted by Gasteiger charge is 2.26. The molecule has 2 aromatic rings. The lowest BCUT2D eigenvalue weighted by Gasteiger charge is -2.34. The fourth-order valence-corrected chi connectivity index (χ4v) is 4.56. The van der Waals surface area contributed by atoms with Crippen molar-refractivity contribution in [1.29, 1.82) is 0 Å². The summed E-state index contributed by atoms with van der Waals surface area (Å²) < 4.78 is 0. The Kier molecular flexibility index (Phi) is 7.01. The van der Waals surface area contributed by atoms with E-state index in [9.17, 15) is 9.59 Å². The molecule has 6 heteroatoms. The number of thiophene rings is 1. The molecule has 0 bridgehead atoms. The molecule has 1 heterocycles. The summed E-state index contributed by atoms with van der Waals surface area (Å²) >= 11 is 1.72. The molecular formula is C21H27N3O2S. The number of amides is 2. The molecule has 1 aliphatic carbocycles. The van der Waals surface area contributed by atoms with Crippen molar-refractivity contribution in [2.75, 3.05) is 13.1 Å². The van der Waals surface area contributed by atoms with Gasteiger partial charge in [0.1, 0.15) is 0 Å². The molecule has 0 spiro atoms. The van der Waals surface area contributed by atoms with Gasteiger partial charge in [-0.25, -0.2) is 0 Å². The summed E-state index contributed by atoms with van der Waals surface area (Å²) in [5.41, 5.74) is 6.52. The van der Waals surface area contributed by atoms with E-state index < -0.39 is 0 Å². The number of rotatable bonds is 7. The smallest absolute Gasteiger partial charge is 0.242 e. The van der Waals surface area contributed by atoms with Gasteiger partial charge >= 0.3 is 0 Å². The van der Waals surface area contributed by atoms with Crippen LogP contribution in [0, 0.1) is 0 Å². The first-order chi connectivity index (χ1) is 13.2. The number of hydrogen-bond donors (Lipinski definition) is 2. The van der Waals surface area contributed by atoms with E-state index in [1.54, 1.807) is 11.3 Å². The Morgan fingerprint density at radius 3 is 2.52 bits per heavy atom. The van der Waals surface area contributed by atoms with Gasteiger partial charge in [0.15, 0.2) is 0 Å². The van der Waals surface area contributed by atoms with Gasteiger partial charge in [-0.05, 0) is 30.5 Å². The molecule has 0 unspecified atom stereocenters. The Morgan fingerprint density at radius 1 is 1.07 bits per heavy atom. The van der Waals surface area contributed by atoms with Gasteiger partial charge in [-0.15, -0.1) is 11.3 Å². The van der Waals surface area contributed by atoms with Crippen LogP contribution in [0.3, 0.4) is 0 Å². The molecule has 27 heavy (non-hydrogen) atoms. The van der Waals surface area contributed by atoms with Crippen LogP contribution in [-0.2, 0) is 16.1 Å². The Labute approximate surface area is 164 Å². The van der Waals surface area contributed by atoms with E-state index in [2.05, 4.69) is 29.6 Å². The molecule has 0 saturated heterocycles. The summed E-state index contributed by atoms with van der Waals surface area (Å²) in [6.07, 6.45) is 5.62. The van der Waals surface area contributed by atoms with Gasteiger partial charge in [0.2, 0.25) is 11.8 Å². The van der Waals surface area contributed by atoms with Crippen molar-refractivity contribution in [3.8, 4) is 10.4 Å². The predicted octanol–water partition coefficient (Wildman–Crippen LogP) is 3.15. The highest BCUT2D eigenvalue weighted by Crippen LogP contribution is 2.30. The van der Waals surface area contributed by atoms with Crippen LogP contribution < -0.4 is 11.1 Å². The zero-order chi connectivity index (χ0) is 19.1. The summed E-state index contributed by atoms with van der Waals surface area (Å²) in [6.45, 7) is 0.519. The summed E-state index contributed by atoms with van der Waals surface area (Å²) in [7, 11) is 0. The normalized spacial score (nSPS) is 14.7. The lowest BCUT2D eigenvalue weighted by molar-refractivity contribution is -0.135. The molecular weight excluding hydrogens is 358 g/mol. The Bertz CT molecular complexity index is 754. The summed E-state index contributed by atoms with van der Waals surface area (Å²) in [5, 5.41) is 2.62. The zero-order valence-electron chi connectivity index (χ0n) is 15.5. The number of carbonyl (C=O) groups is 2. The lowest BCUT2D eigenvalue weighted by atomic mass is 9.94. The molecule has 1 aromatic heterocycles. The van der Waals surface area contributed by atoms with Crippen LogP contribution >= 0.6 is 11.3 Å². The molecule has 5 nitrogen and oxygen atoms in total. The number of carbonyl (C=O) groups excluding carboxylic acids is 2. The van der Waals surface area contributed by atoms with E-state index in [0.717, 1.165) is 30.6 Å². The maximum Gasteiger partial charge on any atom is 0.242 e. The van der Waals surface area contributed by atoms with E-state index in [-0.39, 0.29) is 30.9 Å². The number of nitrogens with two attached hydrogens (primary N) is 1. The third kappa shape index (κ3) is 5.40. The van der Waals surface area contributed by atoms with Crippen molar-refractivity contribution in [2.24, 2.45) is 5.73 Å². The maximum atomic E-state index is 12.8. The Hall–Kier alpha value is -2.18. The van der Waals surface area contributed by atoms with Gasteiger partial charge in [-0.3, -0.25) is 9.59 Å². The van der Waals surface area contributed by atoms with Crippen molar-refractivity contribution in [1.82, 2.24) is 10.2 Å². The van der Waals surface area contributed by atoms with Gasteiger partial charge in [-0.2, -0.15) is 0 Å². The average molecular weight is 386 g/mol. The van der Waals surface area contributed by atoms with Crippen LogP contribution in [0.25, 0.3) is 10.4 Å². The minimum atomic E-state index is -0.297. The standard InChI is InChI=1S/C21H27N3O2S/c22-13-20(25)23-14-21(26)24(17-9-5-2-6-10-17)15-18-11-12-19(27-18)16-7-3-1-4-8-16/h1,3-4,7-8,11-12,17H,2,5-6,9-10,13-15,22H2,(H,23,25). The average Bonchev–Trinajstić information content (AvgIpc) is 3.20. The van der Waals surface area contributed by atoms with Crippen LogP contribution in [0.2, 0.25) is 0 Å². The third-order valence-electron chi connectivity index (χ3n) is 5.00. The fourth-order valence-electron chi connectivity index (χ4n) is 3.55. The second-order valence-corrected chi connectivity index (χ2v) is 8.09. The SMILES string of the molecule is NCC(=O)NCC(=O)N(Cc1ccc(-c2ccccc2)s1)C1CCCCC1. The second kappa shape index (κ2) is 9.67. The Morgan fingerprint density at radius 2 is 1.81 bits per heavy atom. The van der Waals surface area contributed by atoms with E-state index >= 15 is 0 Å². The molecule has 0 radical (unpaired) electrons. The molecule has 0 atom stereocenters. The van der Waals surface area contributed by atoms with E-state index in [1.165, 1.54) is 16.9 Å². The van der Waals surface area contributed by atoms with Crippen molar-refractivity contribution >= 4 is 23.2 Å². The van der Waals surface area contributed by atoms with Gasteiger partial charge < -0.3 is 16.0 Å². The highest BCUT2D eigenvalue weighted by molar-refractivity contribution is 7.15. The van der Waals surface area contributed by atoms with Gasteiger partial charge in [-0.1, -0.05) is 49.6 Å². The van der Waals surface area contributed by atoms with E-state index in [4.69, 9.17) is 5.73 Å². The zero-order valence-corrected chi connectivity index (χ0v) is 16.3. The van der Waals surface area contributed by atoms with Crippen LogP contribution in [-0.4, -0.2) is 35.8 Å². The highest BCUT2D eigenvalue weighted by atomic mass is 32.1. The van der Waals surface area contributed by atoms with E-state index in [1.807, 2.05) is 23.1 Å². The van der Waals surface area contributed by atoms with Gasteiger partial charge in [0.25, 0.3) is 0 Å². The third-order valence-corrected chi connectivity index (χ3v) is 6.12. The predicted molar refractivity (Wildman–Crippen MR) is 109 cm³/mol. The minimum Gasteiger partial charge on any atom is -0.346 e. The fraction of sp³-hybridized carbons (Fsp3) is 0.429. The molecule has 3 rings (SSSR count).